The first-order valence-electron chi connectivity index (χ1n) is 8.20. The fraction of sp³-hybridized carbons (Fsp3) is 0.263. The van der Waals surface area contributed by atoms with Crippen LogP contribution in [0.1, 0.15) is 31.1 Å². The predicted octanol–water partition coefficient (Wildman–Crippen LogP) is 4.16. The molecule has 1 atom stereocenters. The monoisotopic (exact) mass is 396 g/mol. The lowest BCUT2D eigenvalue weighted by atomic mass is 10.1. The molecule has 144 valence electrons. The molecule has 2 aromatic rings. The van der Waals surface area contributed by atoms with Gasteiger partial charge in [-0.1, -0.05) is 11.6 Å². The Bertz CT molecular complexity index is 859. The molecular weight excluding hydrogens is 378 g/mol. The van der Waals surface area contributed by atoms with Crippen molar-refractivity contribution in [3.63, 3.8) is 0 Å². The summed E-state index contributed by atoms with van der Waals surface area (Å²) in [4.78, 5) is 24.4. The third kappa shape index (κ3) is 5.65. The van der Waals surface area contributed by atoms with Gasteiger partial charge in [0.25, 0.3) is 11.8 Å². The second-order valence-corrected chi connectivity index (χ2v) is 6.56. The molecule has 0 fully saturated rings. The zero-order valence-electron chi connectivity index (χ0n) is 15.0. The van der Waals surface area contributed by atoms with Gasteiger partial charge < -0.3 is 15.4 Å². The maximum Gasteiger partial charge on any atom is 0.265 e. The molecule has 0 aliphatic carbocycles. The van der Waals surface area contributed by atoms with Crippen molar-refractivity contribution in [3.05, 3.63) is 58.6 Å². The molecule has 0 heterocycles. The number of halogens is 3. The van der Waals surface area contributed by atoms with Gasteiger partial charge in [-0.2, -0.15) is 0 Å². The highest BCUT2D eigenvalue weighted by atomic mass is 35.5. The van der Waals surface area contributed by atoms with Gasteiger partial charge >= 0.3 is 0 Å². The summed E-state index contributed by atoms with van der Waals surface area (Å²) >= 11 is 6.08. The van der Waals surface area contributed by atoms with Crippen molar-refractivity contribution >= 4 is 29.1 Å². The van der Waals surface area contributed by atoms with Crippen LogP contribution in [0.2, 0.25) is 5.02 Å². The molecule has 0 spiro atoms. The maximum atomic E-state index is 13.2. The number of hydrogen-bond donors (Lipinski definition) is 2. The lowest BCUT2D eigenvalue weighted by molar-refractivity contribution is -0.122. The fourth-order valence-electron chi connectivity index (χ4n) is 2.15. The highest BCUT2D eigenvalue weighted by Gasteiger charge is 2.18. The Labute approximate surface area is 160 Å². The lowest BCUT2D eigenvalue weighted by Crippen LogP contribution is -2.31. The summed E-state index contributed by atoms with van der Waals surface area (Å²) in [5.74, 6) is -2.95. The molecule has 2 N–H and O–H groups in total. The van der Waals surface area contributed by atoms with Crippen molar-refractivity contribution in [1.82, 2.24) is 5.32 Å². The number of ether oxygens (including phenoxy) is 1. The normalized spacial score (nSPS) is 11.8. The Morgan fingerprint density at radius 3 is 2.37 bits per heavy atom. The molecule has 0 saturated heterocycles. The number of rotatable bonds is 6. The Balaban J connectivity index is 2.09. The molecule has 0 aliphatic rings. The topological polar surface area (TPSA) is 67.4 Å². The molecule has 5 nitrogen and oxygen atoms in total. The van der Waals surface area contributed by atoms with E-state index in [9.17, 15) is 18.4 Å². The van der Waals surface area contributed by atoms with Gasteiger partial charge in [0.05, 0.1) is 10.7 Å². The van der Waals surface area contributed by atoms with Gasteiger partial charge in [-0.3, -0.25) is 9.59 Å². The van der Waals surface area contributed by atoms with Crippen LogP contribution in [0.3, 0.4) is 0 Å². The maximum absolute atomic E-state index is 13.2. The average Bonchev–Trinajstić information content (AvgIpc) is 2.59. The molecule has 2 rings (SSSR count). The summed E-state index contributed by atoms with van der Waals surface area (Å²) in [5, 5.41) is 5.54. The summed E-state index contributed by atoms with van der Waals surface area (Å²) in [6.45, 7) is 5.10. The van der Waals surface area contributed by atoms with Crippen molar-refractivity contribution in [2.45, 2.75) is 32.9 Å². The number of anilines is 1. The van der Waals surface area contributed by atoms with E-state index in [4.69, 9.17) is 16.3 Å². The van der Waals surface area contributed by atoms with Crippen LogP contribution in [0.25, 0.3) is 0 Å². The zero-order valence-corrected chi connectivity index (χ0v) is 15.7. The molecule has 0 aliphatic heterocycles. The Morgan fingerprint density at radius 1 is 1.04 bits per heavy atom. The second kappa shape index (κ2) is 8.81. The quantitative estimate of drug-likeness (QED) is 0.770. The molecule has 0 bridgehead atoms. The van der Waals surface area contributed by atoms with Crippen LogP contribution in [0.5, 0.6) is 5.75 Å². The van der Waals surface area contributed by atoms with Crippen molar-refractivity contribution in [1.29, 1.82) is 0 Å². The average molecular weight is 397 g/mol. The molecule has 2 aromatic carbocycles. The smallest absolute Gasteiger partial charge is 0.265 e. The Morgan fingerprint density at radius 2 is 1.74 bits per heavy atom. The SMILES string of the molecule is CC(C)NC(=O)c1ccc(Cl)c(NC(=O)C(C)Oc2ccc(F)c(F)c2)c1. The van der Waals surface area contributed by atoms with Crippen molar-refractivity contribution in [3.8, 4) is 5.75 Å². The molecule has 0 saturated carbocycles. The van der Waals surface area contributed by atoms with E-state index >= 15 is 0 Å². The van der Waals surface area contributed by atoms with Crippen LogP contribution < -0.4 is 15.4 Å². The summed E-state index contributed by atoms with van der Waals surface area (Å²) in [6, 6.07) is 7.40. The summed E-state index contributed by atoms with van der Waals surface area (Å²) in [7, 11) is 0. The van der Waals surface area contributed by atoms with Crippen LogP contribution in [0.15, 0.2) is 36.4 Å². The number of nitrogens with one attached hydrogen (secondary N) is 2. The first-order valence-corrected chi connectivity index (χ1v) is 8.58. The van der Waals surface area contributed by atoms with Crippen molar-refractivity contribution < 1.29 is 23.1 Å². The third-order valence-corrected chi connectivity index (χ3v) is 3.81. The first kappa shape index (κ1) is 20.6. The van der Waals surface area contributed by atoms with Crippen molar-refractivity contribution in [2.24, 2.45) is 0 Å². The van der Waals surface area contributed by atoms with E-state index < -0.39 is 23.6 Å². The molecule has 1 unspecified atom stereocenters. The number of carbonyl (C=O) groups excluding carboxylic acids is 2. The molecule has 8 heteroatoms. The van der Waals surface area contributed by atoms with Crippen LogP contribution >= 0.6 is 11.6 Å². The van der Waals surface area contributed by atoms with Gasteiger partial charge in [0.1, 0.15) is 5.75 Å². The molecule has 0 aromatic heterocycles. The summed E-state index contributed by atoms with van der Waals surface area (Å²) in [5.41, 5.74) is 0.566. The lowest BCUT2D eigenvalue weighted by Gasteiger charge is -2.16. The van der Waals surface area contributed by atoms with E-state index in [-0.39, 0.29) is 28.4 Å². The van der Waals surface area contributed by atoms with Gasteiger partial charge in [0.2, 0.25) is 0 Å². The Hall–Kier alpha value is -2.67. The zero-order chi connectivity index (χ0) is 20.1. The number of carbonyl (C=O) groups is 2. The van der Waals surface area contributed by atoms with Gasteiger partial charge in [-0.25, -0.2) is 8.78 Å². The molecule has 2 amide bonds. The Kier molecular flexibility index (Phi) is 6.74. The molecular formula is C19H19ClF2N2O3. The van der Waals surface area contributed by atoms with E-state index in [1.54, 1.807) is 0 Å². The minimum atomic E-state index is -1.08. The van der Waals surface area contributed by atoms with E-state index in [0.717, 1.165) is 12.1 Å². The second-order valence-electron chi connectivity index (χ2n) is 6.15. The summed E-state index contributed by atoms with van der Waals surface area (Å²) in [6.07, 6.45) is -1.01. The van der Waals surface area contributed by atoms with Crippen LogP contribution in [0.4, 0.5) is 14.5 Å². The van der Waals surface area contributed by atoms with E-state index in [1.165, 1.54) is 31.2 Å². The van der Waals surface area contributed by atoms with E-state index in [1.807, 2.05) is 13.8 Å². The fourth-order valence-corrected chi connectivity index (χ4v) is 2.31. The third-order valence-electron chi connectivity index (χ3n) is 3.48. The van der Waals surface area contributed by atoms with Gasteiger partial charge in [-0.05, 0) is 51.1 Å². The van der Waals surface area contributed by atoms with Crippen molar-refractivity contribution in [2.75, 3.05) is 5.32 Å². The summed E-state index contributed by atoms with van der Waals surface area (Å²) < 4.78 is 31.5. The minimum absolute atomic E-state index is 0.00714. The highest BCUT2D eigenvalue weighted by molar-refractivity contribution is 6.34. The number of hydrogen-bond acceptors (Lipinski definition) is 3. The first-order chi connectivity index (χ1) is 12.7. The van der Waals surface area contributed by atoms with Gasteiger partial charge in [0, 0.05) is 17.7 Å². The number of benzene rings is 2. The minimum Gasteiger partial charge on any atom is -0.481 e. The van der Waals surface area contributed by atoms with E-state index in [0.29, 0.717) is 5.56 Å². The predicted molar refractivity (Wildman–Crippen MR) is 99.1 cm³/mol. The van der Waals surface area contributed by atoms with E-state index in [2.05, 4.69) is 10.6 Å². The molecule has 0 radical (unpaired) electrons. The largest absolute Gasteiger partial charge is 0.481 e. The van der Waals surface area contributed by atoms with Crippen LogP contribution in [-0.2, 0) is 4.79 Å². The molecule has 27 heavy (non-hydrogen) atoms. The number of amides is 2. The van der Waals surface area contributed by atoms with Gasteiger partial charge in [0.15, 0.2) is 17.7 Å². The van der Waals surface area contributed by atoms with Crippen LogP contribution in [0, 0.1) is 11.6 Å². The van der Waals surface area contributed by atoms with Crippen LogP contribution in [-0.4, -0.2) is 24.0 Å². The standard InChI is InChI=1S/C19H19ClF2N2O3/c1-10(2)23-19(26)12-4-6-14(20)17(8-12)24-18(25)11(3)27-13-5-7-15(21)16(22)9-13/h4-11H,1-3H3,(H,23,26)(H,24,25). The highest BCUT2D eigenvalue weighted by Crippen LogP contribution is 2.24. The van der Waals surface area contributed by atoms with Gasteiger partial charge in [-0.15, -0.1) is 0 Å².